The summed E-state index contributed by atoms with van der Waals surface area (Å²) in [6.45, 7) is 4.25. The third-order valence-electron chi connectivity index (χ3n) is 3.96. The number of carboxylic acids is 1. The number of anilines is 1. The molecule has 0 spiro atoms. The number of hydrogen-bond donors (Lipinski definition) is 2. The molecule has 5 heteroatoms. The molecule has 0 amide bonds. The summed E-state index contributed by atoms with van der Waals surface area (Å²) in [4.78, 5) is 10.8. The molecule has 0 saturated heterocycles. The first-order chi connectivity index (χ1) is 10.6. The fourth-order valence-electron chi connectivity index (χ4n) is 2.69. The van der Waals surface area contributed by atoms with Crippen molar-refractivity contribution in [2.45, 2.75) is 32.7 Å². The van der Waals surface area contributed by atoms with Crippen LogP contribution < -0.4 is 5.43 Å². The molecule has 5 nitrogen and oxygen atoms in total. The van der Waals surface area contributed by atoms with Gasteiger partial charge in [-0.05, 0) is 57.0 Å². The van der Waals surface area contributed by atoms with Crippen molar-refractivity contribution in [3.63, 3.8) is 0 Å². The zero-order valence-corrected chi connectivity index (χ0v) is 12.7. The Kier molecular flexibility index (Phi) is 3.71. The van der Waals surface area contributed by atoms with E-state index in [0.717, 1.165) is 11.3 Å². The number of hydrazone groups is 1. The molecule has 1 heterocycles. The Balaban J connectivity index is 1.69. The van der Waals surface area contributed by atoms with Gasteiger partial charge < -0.3 is 9.67 Å². The van der Waals surface area contributed by atoms with Crippen molar-refractivity contribution in [3.05, 3.63) is 52.8 Å². The maximum atomic E-state index is 10.8. The van der Waals surface area contributed by atoms with E-state index in [1.165, 1.54) is 24.2 Å². The van der Waals surface area contributed by atoms with E-state index in [9.17, 15) is 4.79 Å². The zero-order valence-electron chi connectivity index (χ0n) is 12.7. The smallest absolute Gasteiger partial charge is 0.335 e. The van der Waals surface area contributed by atoms with E-state index in [1.807, 2.05) is 6.21 Å². The zero-order chi connectivity index (χ0) is 15.7. The number of aryl methyl sites for hydroxylation is 1. The second kappa shape index (κ2) is 5.67. The maximum absolute atomic E-state index is 10.8. The van der Waals surface area contributed by atoms with E-state index in [-0.39, 0.29) is 5.56 Å². The number of aromatic carboxylic acids is 1. The highest BCUT2D eigenvalue weighted by molar-refractivity contribution is 5.88. The molecule has 0 aliphatic heterocycles. The number of hydrogen-bond acceptors (Lipinski definition) is 3. The molecular weight excluding hydrogens is 278 g/mol. The van der Waals surface area contributed by atoms with Gasteiger partial charge in [0.15, 0.2) is 0 Å². The standard InChI is InChI=1S/C17H19N3O2/c1-11-9-14(12(2)20(11)16-7-8-16)10-18-19-15-5-3-13(4-6-15)17(21)22/h3-6,9-10,16,19H,7-8H2,1-2H3,(H,21,22)/b18-10-. The van der Waals surface area contributed by atoms with Crippen LogP contribution in [-0.4, -0.2) is 21.9 Å². The average molecular weight is 297 g/mol. The molecule has 1 aromatic heterocycles. The normalized spacial score (nSPS) is 14.5. The predicted octanol–water partition coefficient (Wildman–Crippen LogP) is 3.58. The van der Waals surface area contributed by atoms with Crippen LogP contribution >= 0.6 is 0 Å². The van der Waals surface area contributed by atoms with Crippen LogP contribution in [0.1, 0.15) is 46.2 Å². The van der Waals surface area contributed by atoms with Crippen LogP contribution in [0.4, 0.5) is 5.69 Å². The SMILES string of the molecule is Cc1cc(/C=N\Nc2ccc(C(=O)O)cc2)c(C)n1C1CC1. The topological polar surface area (TPSA) is 66.6 Å². The lowest BCUT2D eigenvalue weighted by Gasteiger charge is -2.06. The molecule has 0 bridgehead atoms. The lowest BCUT2D eigenvalue weighted by molar-refractivity contribution is 0.0697. The van der Waals surface area contributed by atoms with Gasteiger partial charge in [0.05, 0.1) is 17.5 Å². The number of nitrogens with zero attached hydrogens (tertiary/aromatic N) is 2. The molecule has 2 aromatic rings. The molecule has 1 saturated carbocycles. The number of aromatic nitrogens is 1. The highest BCUT2D eigenvalue weighted by Gasteiger charge is 2.26. The third-order valence-corrected chi connectivity index (χ3v) is 3.96. The van der Waals surface area contributed by atoms with Gasteiger partial charge in [0.25, 0.3) is 0 Å². The van der Waals surface area contributed by atoms with Gasteiger partial charge in [0, 0.05) is 23.0 Å². The number of carboxylic acid groups (broad SMARTS) is 1. The average Bonchev–Trinajstić information content (AvgIpc) is 3.27. The highest BCUT2D eigenvalue weighted by Crippen LogP contribution is 2.38. The van der Waals surface area contributed by atoms with Gasteiger partial charge in [-0.15, -0.1) is 0 Å². The first-order valence-electron chi connectivity index (χ1n) is 7.37. The van der Waals surface area contributed by atoms with Crippen LogP contribution in [0.15, 0.2) is 35.4 Å². The van der Waals surface area contributed by atoms with E-state index in [0.29, 0.717) is 6.04 Å². The largest absolute Gasteiger partial charge is 0.478 e. The summed E-state index contributed by atoms with van der Waals surface area (Å²) in [7, 11) is 0. The van der Waals surface area contributed by atoms with Crippen molar-refractivity contribution in [2.24, 2.45) is 5.10 Å². The van der Waals surface area contributed by atoms with Gasteiger partial charge in [-0.1, -0.05) is 0 Å². The number of rotatable bonds is 5. The van der Waals surface area contributed by atoms with E-state index in [2.05, 4.69) is 35.0 Å². The van der Waals surface area contributed by atoms with Gasteiger partial charge in [-0.3, -0.25) is 5.43 Å². The van der Waals surface area contributed by atoms with Crippen LogP contribution in [0.2, 0.25) is 0 Å². The molecular formula is C17H19N3O2. The van der Waals surface area contributed by atoms with Crippen molar-refractivity contribution in [3.8, 4) is 0 Å². The molecule has 1 fully saturated rings. The predicted molar refractivity (Wildman–Crippen MR) is 86.8 cm³/mol. The fraction of sp³-hybridized carbons (Fsp3) is 0.294. The third kappa shape index (κ3) is 2.88. The van der Waals surface area contributed by atoms with Gasteiger partial charge in [0.2, 0.25) is 0 Å². The first-order valence-corrected chi connectivity index (χ1v) is 7.37. The Labute approximate surface area is 129 Å². The van der Waals surface area contributed by atoms with E-state index >= 15 is 0 Å². The van der Waals surface area contributed by atoms with Crippen molar-refractivity contribution >= 4 is 17.9 Å². The molecule has 114 valence electrons. The van der Waals surface area contributed by atoms with Crippen molar-refractivity contribution in [1.82, 2.24) is 4.57 Å². The minimum absolute atomic E-state index is 0.266. The second-order valence-electron chi connectivity index (χ2n) is 5.68. The lowest BCUT2D eigenvalue weighted by atomic mass is 10.2. The Hall–Kier alpha value is -2.56. The number of benzene rings is 1. The Morgan fingerprint density at radius 1 is 1.32 bits per heavy atom. The van der Waals surface area contributed by atoms with E-state index in [1.54, 1.807) is 24.3 Å². The van der Waals surface area contributed by atoms with Crippen LogP contribution in [0.25, 0.3) is 0 Å². The molecule has 1 aliphatic carbocycles. The van der Waals surface area contributed by atoms with E-state index < -0.39 is 5.97 Å². The summed E-state index contributed by atoms with van der Waals surface area (Å²) in [5.41, 5.74) is 7.58. The second-order valence-corrected chi connectivity index (χ2v) is 5.68. The van der Waals surface area contributed by atoms with Crippen molar-refractivity contribution < 1.29 is 9.90 Å². The highest BCUT2D eigenvalue weighted by atomic mass is 16.4. The lowest BCUT2D eigenvalue weighted by Crippen LogP contribution is -1.99. The Bertz CT molecular complexity index is 725. The van der Waals surface area contributed by atoms with Crippen LogP contribution in [0, 0.1) is 13.8 Å². The summed E-state index contributed by atoms with van der Waals surface area (Å²) in [6, 6.07) is 9.33. The van der Waals surface area contributed by atoms with Crippen molar-refractivity contribution in [1.29, 1.82) is 0 Å². The van der Waals surface area contributed by atoms with Crippen molar-refractivity contribution in [2.75, 3.05) is 5.43 Å². The van der Waals surface area contributed by atoms with Crippen LogP contribution in [0.5, 0.6) is 0 Å². The minimum Gasteiger partial charge on any atom is -0.478 e. The number of carbonyl (C=O) groups is 1. The summed E-state index contributed by atoms with van der Waals surface area (Å²) in [5, 5.41) is 13.1. The molecule has 0 radical (unpaired) electrons. The molecule has 22 heavy (non-hydrogen) atoms. The summed E-state index contributed by atoms with van der Waals surface area (Å²) in [5.74, 6) is -0.928. The van der Waals surface area contributed by atoms with Gasteiger partial charge in [-0.25, -0.2) is 4.79 Å². The Morgan fingerprint density at radius 3 is 2.59 bits per heavy atom. The quantitative estimate of drug-likeness (QED) is 0.654. The maximum Gasteiger partial charge on any atom is 0.335 e. The van der Waals surface area contributed by atoms with E-state index in [4.69, 9.17) is 5.11 Å². The summed E-state index contributed by atoms with van der Waals surface area (Å²) in [6.07, 6.45) is 4.34. The van der Waals surface area contributed by atoms with Gasteiger partial charge in [-0.2, -0.15) is 5.10 Å². The molecule has 3 rings (SSSR count). The minimum atomic E-state index is -0.928. The monoisotopic (exact) mass is 297 g/mol. The molecule has 0 atom stereocenters. The summed E-state index contributed by atoms with van der Waals surface area (Å²) >= 11 is 0. The molecule has 1 aromatic carbocycles. The Morgan fingerprint density at radius 2 is 2.00 bits per heavy atom. The number of nitrogens with one attached hydrogen (secondary N) is 1. The van der Waals surface area contributed by atoms with Crippen LogP contribution in [-0.2, 0) is 0 Å². The first kappa shape index (κ1) is 14.4. The fourth-order valence-corrected chi connectivity index (χ4v) is 2.69. The van der Waals surface area contributed by atoms with Gasteiger partial charge >= 0.3 is 5.97 Å². The molecule has 0 unspecified atom stereocenters. The summed E-state index contributed by atoms with van der Waals surface area (Å²) < 4.78 is 2.38. The van der Waals surface area contributed by atoms with Crippen LogP contribution in [0.3, 0.4) is 0 Å². The van der Waals surface area contributed by atoms with Gasteiger partial charge in [0.1, 0.15) is 0 Å². The molecule has 2 N–H and O–H groups in total. The molecule has 1 aliphatic rings.